The fraction of sp³-hybridized carbons (Fsp3) is 0.727. The number of aliphatic hydroxyl groups is 1. The number of carbonyl (C=O) groups excluding carboxylic acids is 1. The molecule has 82 valence electrons. The van der Waals surface area contributed by atoms with Crippen LogP contribution in [0, 0.1) is 5.92 Å². The highest BCUT2D eigenvalue weighted by atomic mass is 16.6. The summed E-state index contributed by atoms with van der Waals surface area (Å²) in [5.41, 5.74) is 0.866. The second-order valence-electron chi connectivity index (χ2n) is 3.86. The van der Waals surface area contributed by atoms with Gasteiger partial charge in [0.05, 0.1) is 0 Å². The largest absolute Gasteiger partial charge is 0.433 e. The Bertz CT molecular complexity index is 205. The number of allylic oxidation sites excluding steroid dienone is 1. The van der Waals surface area contributed by atoms with E-state index in [2.05, 4.69) is 0 Å². The highest BCUT2D eigenvalue weighted by Crippen LogP contribution is 2.10. The third-order valence-corrected chi connectivity index (χ3v) is 1.96. The summed E-state index contributed by atoms with van der Waals surface area (Å²) >= 11 is 0. The first kappa shape index (κ1) is 13.2. The van der Waals surface area contributed by atoms with Gasteiger partial charge in [-0.05, 0) is 19.8 Å². The van der Waals surface area contributed by atoms with E-state index in [1.54, 1.807) is 0 Å². The van der Waals surface area contributed by atoms with Crippen LogP contribution in [0.15, 0.2) is 11.6 Å². The van der Waals surface area contributed by atoms with Crippen LogP contribution in [-0.4, -0.2) is 17.4 Å². The molecule has 3 heteroatoms. The lowest BCUT2D eigenvalue weighted by Crippen LogP contribution is -2.18. The van der Waals surface area contributed by atoms with Gasteiger partial charge in [0, 0.05) is 12.5 Å². The van der Waals surface area contributed by atoms with Gasteiger partial charge in [-0.2, -0.15) is 0 Å². The van der Waals surface area contributed by atoms with Crippen molar-refractivity contribution in [3.05, 3.63) is 11.6 Å². The van der Waals surface area contributed by atoms with Crippen molar-refractivity contribution in [1.82, 2.24) is 0 Å². The molecule has 0 spiro atoms. The molecule has 0 rings (SSSR count). The monoisotopic (exact) mass is 200 g/mol. The lowest BCUT2D eigenvalue weighted by atomic mass is 10.1. The summed E-state index contributed by atoms with van der Waals surface area (Å²) in [6.07, 6.45) is 1.86. The fourth-order valence-corrected chi connectivity index (χ4v) is 0.963. The van der Waals surface area contributed by atoms with E-state index in [1.807, 2.05) is 27.7 Å². The molecule has 0 amide bonds. The number of ether oxygens (including phenoxy) is 1. The van der Waals surface area contributed by atoms with Crippen molar-refractivity contribution in [2.75, 3.05) is 0 Å². The molecule has 0 saturated carbocycles. The molecule has 0 saturated heterocycles. The van der Waals surface area contributed by atoms with Gasteiger partial charge in [-0.25, -0.2) is 4.79 Å². The number of hydrogen-bond donors (Lipinski definition) is 1. The third-order valence-electron chi connectivity index (χ3n) is 1.96. The van der Waals surface area contributed by atoms with Gasteiger partial charge in [-0.1, -0.05) is 25.8 Å². The molecule has 0 heterocycles. The van der Waals surface area contributed by atoms with E-state index in [-0.39, 0.29) is 0 Å². The maximum Gasteiger partial charge on any atom is 0.332 e. The van der Waals surface area contributed by atoms with Gasteiger partial charge in [0.25, 0.3) is 0 Å². The van der Waals surface area contributed by atoms with Crippen LogP contribution in [0.3, 0.4) is 0 Å². The summed E-state index contributed by atoms with van der Waals surface area (Å²) in [6, 6.07) is 0. The van der Waals surface area contributed by atoms with Gasteiger partial charge in [-0.3, -0.25) is 0 Å². The first-order chi connectivity index (χ1) is 6.45. The van der Waals surface area contributed by atoms with Crippen LogP contribution in [0.2, 0.25) is 0 Å². The zero-order valence-corrected chi connectivity index (χ0v) is 9.41. The maximum absolute atomic E-state index is 11.1. The molecule has 3 nitrogen and oxygen atoms in total. The SMILES string of the molecule is CCC(C)CC(O)OC(=O)C=C(C)C. The van der Waals surface area contributed by atoms with Crippen LogP contribution < -0.4 is 0 Å². The summed E-state index contributed by atoms with van der Waals surface area (Å²) in [5.74, 6) is -0.106. The number of carbonyl (C=O) groups is 1. The average molecular weight is 200 g/mol. The van der Waals surface area contributed by atoms with E-state index in [9.17, 15) is 9.90 Å². The van der Waals surface area contributed by atoms with Gasteiger partial charge in [0.1, 0.15) is 0 Å². The molecule has 0 bridgehead atoms. The van der Waals surface area contributed by atoms with Gasteiger partial charge in [-0.15, -0.1) is 0 Å². The van der Waals surface area contributed by atoms with Crippen LogP contribution in [0.4, 0.5) is 0 Å². The summed E-state index contributed by atoms with van der Waals surface area (Å²) in [7, 11) is 0. The molecule has 1 N–H and O–H groups in total. The normalized spacial score (nSPS) is 14.4. The molecule has 0 aromatic carbocycles. The van der Waals surface area contributed by atoms with E-state index in [0.29, 0.717) is 12.3 Å². The van der Waals surface area contributed by atoms with Crippen molar-refractivity contribution < 1.29 is 14.6 Å². The van der Waals surface area contributed by atoms with Gasteiger partial charge >= 0.3 is 5.97 Å². The highest BCUT2D eigenvalue weighted by molar-refractivity contribution is 5.82. The van der Waals surface area contributed by atoms with Crippen molar-refractivity contribution in [1.29, 1.82) is 0 Å². The van der Waals surface area contributed by atoms with Crippen molar-refractivity contribution in [2.24, 2.45) is 5.92 Å². The second kappa shape index (κ2) is 6.60. The summed E-state index contributed by atoms with van der Waals surface area (Å²) < 4.78 is 4.77. The number of rotatable bonds is 5. The summed E-state index contributed by atoms with van der Waals surface area (Å²) in [4.78, 5) is 11.1. The Morgan fingerprint density at radius 3 is 2.50 bits per heavy atom. The van der Waals surface area contributed by atoms with Gasteiger partial charge in [0.15, 0.2) is 0 Å². The second-order valence-corrected chi connectivity index (χ2v) is 3.86. The molecule has 0 aromatic rings. The van der Waals surface area contributed by atoms with Crippen LogP contribution in [0.25, 0.3) is 0 Å². The Balaban J connectivity index is 3.88. The lowest BCUT2D eigenvalue weighted by Gasteiger charge is -2.14. The Kier molecular flexibility index (Phi) is 6.21. The number of esters is 1. The fourth-order valence-electron chi connectivity index (χ4n) is 0.963. The van der Waals surface area contributed by atoms with E-state index in [4.69, 9.17) is 4.74 Å². The van der Waals surface area contributed by atoms with Gasteiger partial charge in [0.2, 0.25) is 6.29 Å². The van der Waals surface area contributed by atoms with Gasteiger partial charge < -0.3 is 9.84 Å². The first-order valence-corrected chi connectivity index (χ1v) is 4.99. The first-order valence-electron chi connectivity index (χ1n) is 4.99. The van der Waals surface area contributed by atoms with Crippen molar-refractivity contribution in [3.8, 4) is 0 Å². The van der Waals surface area contributed by atoms with Crippen LogP contribution in [0.5, 0.6) is 0 Å². The summed E-state index contributed by atoms with van der Waals surface area (Å²) in [6.45, 7) is 7.66. The predicted octanol–water partition coefficient (Wildman–Crippen LogP) is 2.25. The molecule has 14 heavy (non-hydrogen) atoms. The predicted molar refractivity (Wildman–Crippen MR) is 55.6 cm³/mol. The van der Waals surface area contributed by atoms with Crippen molar-refractivity contribution in [2.45, 2.75) is 46.8 Å². The topological polar surface area (TPSA) is 46.5 Å². The minimum atomic E-state index is -0.979. The zero-order valence-electron chi connectivity index (χ0n) is 9.41. The lowest BCUT2D eigenvalue weighted by molar-refractivity contribution is -0.164. The Morgan fingerprint density at radius 2 is 2.07 bits per heavy atom. The van der Waals surface area contributed by atoms with Crippen LogP contribution in [-0.2, 0) is 9.53 Å². The molecule has 0 radical (unpaired) electrons. The Labute approximate surface area is 85.8 Å². The molecule has 0 aliphatic heterocycles. The smallest absolute Gasteiger partial charge is 0.332 e. The highest BCUT2D eigenvalue weighted by Gasteiger charge is 2.12. The average Bonchev–Trinajstić information content (AvgIpc) is 2.01. The minimum absolute atomic E-state index is 0.365. The number of hydrogen-bond acceptors (Lipinski definition) is 3. The molecule has 0 aliphatic carbocycles. The van der Waals surface area contributed by atoms with E-state index >= 15 is 0 Å². The van der Waals surface area contributed by atoms with E-state index in [0.717, 1.165) is 12.0 Å². The Hall–Kier alpha value is -0.830. The van der Waals surface area contributed by atoms with E-state index in [1.165, 1.54) is 6.08 Å². The maximum atomic E-state index is 11.1. The summed E-state index contributed by atoms with van der Waals surface area (Å²) in [5, 5.41) is 9.36. The van der Waals surface area contributed by atoms with E-state index < -0.39 is 12.3 Å². The molecule has 0 aromatic heterocycles. The third kappa shape index (κ3) is 6.66. The quantitative estimate of drug-likeness (QED) is 0.420. The van der Waals surface area contributed by atoms with Crippen molar-refractivity contribution in [3.63, 3.8) is 0 Å². The number of aliphatic hydroxyl groups excluding tert-OH is 1. The van der Waals surface area contributed by atoms with Crippen molar-refractivity contribution >= 4 is 5.97 Å². The minimum Gasteiger partial charge on any atom is -0.433 e. The zero-order chi connectivity index (χ0) is 11.1. The molecular weight excluding hydrogens is 180 g/mol. The molecule has 2 unspecified atom stereocenters. The van der Waals surface area contributed by atoms with Crippen LogP contribution in [0.1, 0.15) is 40.5 Å². The Morgan fingerprint density at radius 1 is 1.50 bits per heavy atom. The molecule has 0 fully saturated rings. The molecule has 2 atom stereocenters. The molecule has 0 aliphatic rings. The molecular formula is C11H20O3. The standard InChI is InChI=1S/C11H20O3/c1-5-9(4)7-11(13)14-10(12)6-8(2)3/h6,9,11,13H,5,7H2,1-4H3. The van der Waals surface area contributed by atoms with Crippen LogP contribution >= 0.6 is 0 Å².